The van der Waals surface area contributed by atoms with E-state index in [2.05, 4.69) is 23.2 Å². The van der Waals surface area contributed by atoms with Crippen LogP contribution in [-0.2, 0) is 6.42 Å². The predicted molar refractivity (Wildman–Crippen MR) is 73.3 cm³/mol. The number of aromatic nitrogens is 1. The Morgan fingerprint density at radius 2 is 2.22 bits per heavy atom. The Morgan fingerprint density at radius 3 is 2.94 bits per heavy atom. The maximum Gasteiger partial charge on any atom is 0.127 e. The number of aryl methyl sites for hydroxylation is 2. The van der Waals surface area contributed by atoms with Crippen molar-refractivity contribution < 1.29 is 4.74 Å². The molecule has 1 aromatic heterocycles. The van der Waals surface area contributed by atoms with Crippen LogP contribution in [-0.4, -0.2) is 11.6 Å². The lowest BCUT2D eigenvalue weighted by Gasteiger charge is -2.14. The first-order valence-corrected chi connectivity index (χ1v) is 6.92. The van der Waals surface area contributed by atoms with E-state index in [0.29, 0.717) is 0 Å². The summed E-state index contributed by atoms with van der Waals surface area (Å²) in [5.41, 5.74) is 9.77. The van der Waals surface area contributed by atoms with Gasteiger partial charge in [-0.05, 0) is 19.4 Å². The van der Waals surface area contributed by atoms with E-state index in [1.54, 1.807) is 11.3 Å². The van der Waals surface area contributed by atoms with Crippen molar-refractivity contribution in [1.82, 2.24) is 4.98 Å². The SMILES string of the molecule is Cc1nc(C)c(C(N)c2cccc3c2OCC3)s1. The molecule has 2 N–H and O–H groups in total. The molecule has 0 aliphatic carbocycles. The lowest BCUT2D eigenvalue weighted by Crippen LogP contribution is -2.12. The fourth-order valence-corrected chi connectivity index (χ4v) is 3.41. The van der Waals surface area contributed by atoms with E-state index in [1.807, 2.05) is 13.8 Å². The molecule has 3 nitrogen and oxygen atoms in total. The van der Waals surface area contributed by atoms with Gasteiger partial charge in [0.05, 0.1) is 23.4 Å². The molecule has 2 aromatic rings. The normalized spacial score (nSPS) is 15.3. The summed E-state index contributed by atoms with van der Waals surface area (Å²) in [7, 11) is 0. The van der Waals surface area contributed by atoms with Gasteiger partial charge in [-0.15, -0.1) is 11.3 Å². The minimum absolute atomic E-state index is 0.135. The maximum absolute atomic E-state index is 6.39. The molecule has 1 aliphatic heterocycles. The minimum Gasteiger partial charge on any atom is -0.493 e. The van der Waals surface area contributed by atoms with Gasteiger partial charge >= 0.3 is 0 Å². The van der Waals surface area contributed by atoms with Gasteiger partial charge in [-0.25, -0.2) is 4.98 Å². The van der Waals surface area contributed by atoms with Crippen molar-refractivity contribution in [3.05, 3.63) is 44.9 Å². The van der Waals surface area contributed by atoms with E-state index in [0.717, 1.165) is 39.9 Å². The topological polar surface area (TPSA) is 48.1 Å². The minimum atomic E-state index is -0.135. The van der Waals surface area contributed by atoms with E-state index in [1.165, 1.54) is 5.56 Å². The number of ether oxygens (including phenoxy) is 1. The van der Waals surface area contributed by atoms with Crippen LogP contribution < -0.4 is 10.5 Å². The first-order valence-electron chi connectivity index (χ1n) is 6.11. The van der Waals surface area contributed by atoms with Crippen LogP contribution in [0.25, 0.3) is 0 Å². The summed E-state index contributed by atoms with van der Waals surface area (Å²) in [6.45, 7) is 4.79. The van der Waals surface area contributed by atoms with E-state index >= 15 is 0 Å². The fourth-order valence-electron chi connectivity index (χ4n) is 2.46. The number of hydrogen-bond donors (Lipinski definition) is 1. The Bertz CT molecular complexity index is 591. The summed E-state index contributed by atoms with van der Waals surface area (Å²) < 4.78 is 5.72. The van der Waals surface area contributed by atoms with Crippen LogP contribution in [0.4, 0.5) is 0 Å². The lowest BCUT2D eigenvalue weighted by molar-refractivity contribution is 0.352. The molecule has 94 valence electrons. The molecule has 0 amide bonds. The lowest BCUT2D eigenvalue weighted by atomic mass is 10.0. The van der Waals surface area contributed by atoms with Crippen LogP contribution in [0.1, 0.15) is 32.7 Å². The van der Waals surface area contributed by atoms with E-state index in [9.17, 15) is 0 Å². The maximum atomic E-state index is 6.39. The quantitative estimate of drug-likeness (QED) is 0.903. The van der Waals surface area contributed by atoms with Crippen LogP contribution in [0.3, 0.4) is 0 Å². The third-order valence-corrected chi connectivity index (χ3v) is 4.46. The van der Waals surface area contributed by atoms with Gasteiger partial charge in [-0.3, -0.25) is 0 Å². The van der Waals surface area contributed by atoms with Gasteiger partial charge in [-0.2, -0.15) is 0 Å². The van der Waals surface area contributed by atoms with E-state index < -0.39 is 0 Å². The molecule has 0 fully saturated rings. The average Bonchev–Trinajstić information content (AvgIpc) is 2.94. The number of thiazole rings is 1. The Morgan fingerprint density at radius 1 is 1.39 bits per heavy atom. The highest BCUT2D eigenvalue weighted by Crippen LogP contribution is 2.37. The van der Waals surface area contributed by atoms with Gasteiger partial charge in [0.15, 0.2) is 0 Å². The molecule has 0 saturated heterocycles. The van der Waals surface area contributed by atoms with Crippen molar-refractivity contribution in [1.29, 1.82) is 0 Å². The van der Waals surface area contributed by atoms with Gasteiger partial charge < -0.3 is 10.5 Å². The summed E-state index contributed by atoms with van der Waals surface area (Å²) in [4.78, 5) is 5.58. The van der Waals surface area contributed by atoms with Crippen molar-refractivity contribution >= 4 is 11.3 Å². The number of rotatable bonds is 2. The third-order valence-electron chi connectivity index (χ3n) is 3.30. The Balaban J connectivity index is 2.05. The average molecular weight is 260 g/mol. The highest BCUT2D eigenvalue weighted by Gasteiger charge is 2.23. The van der Waals surface area contributed by atoms with Crippen molar-refractivity contribution in [3.8, 4) is 5.75 Å². The van der Waals surface area contributed by atoms with E-state index in [4.69, 9.17) is 10.5 Å². The second kappa shape index (κ2) is 4.37. The fraction of sp³-hybridized carbons (Fsp3) is 0.357. The van der Waals surface area contributed by atoms with E-state index in [-0.39, 0.29) is 6.04 Å². The molecule has 18 heavy (non-hydrogen) atoms. The molecule has 4 heteroatoms. The first-order chi connectivity index (χ1) is 8.66. The largest absolute Gasteiger partial charge is 0.493 e. The number of fused-ring (bicyclic) bond motifs is 1. The highest BCUT2D eigenvalue weighted by atomic mass is 32.1. The number of para-hydroxylation sites is 1. The molecular weight excluding hydrogens is 244 g/mol. The number of nitrogens with two attached hydrogens (primary N) is 1. The van der Waals surface area contributed by atoms with Crippen LogP contribution in [0.5, 0.6) is 5.75 Å². The van der Waals surface area contributed by atoms with Crippen molar-refractivity contribution in [2.75, 3.05) is 6.61 Å². The Kier molecular flexibility index (Phi) is 2.84. The summed E-state index contributed by atoms with van der Waals surface area (Å²) in [5.74, 6) is 0.982. The van der Waals surface area contributed by atoms with Gasteiger partial charge in [0, 0.05) is 16.9 Å². The molecule has 1 unspecified atom stereocenters. The summed E-state index contributed by atoms with van der Waals surface area (Å²) in [6, 6.07) is 6.10. The summed E-state index contributed by atoms with van der Waals surface area (Å²) >= 11 is 1.67. The second-order valence-corrected chi connectivity index (χ2v) is 5.83. The molecule has 0 spiro atoms. The van der Waals surface area contributed by atoms with Gasteiger partial charge in [-0.1, -0.05) is 18.2 Å². The standard InChI is InChI=1S/C14H16N2OS/c1-8-14(18-9(2)16-8)12(15)11-5-3-4-10-6-7-17-13(10)11/h3-5,12H,6-7,15H2,1-2H3. The Hall–Kier alpha value is -1.39. The number of nitrogens with zero attached hydrogens (tertiary/aromatic N) is 1. The van der Waals surface area contributed by atoms with Crippen LogP contribution in [0.2, 0.25) is 0 Å². The van der Waals surface area contributed by atoms with Crippen molar-refractivity contribution in [2.24, 2.45) is 5.73 Å². The zero-order chi connectivity index (χ0) is 12.7. The van der Waals surface area contributed by atoms with Crippen molar-refractivity contribution in [3.63, 3.8) is 0 Å². The molecule has 2 heterocycles. The molecule has 0 radical (unpaired) electrons. The molecule has 3 rings (SSSR count). The van der Waals surface area contributed by atoms with Gasteiger partial charge in [0.1, 0.15) is 5.75 Å². The Labute approximate surface area is 111 Å². The monoisotopic (exact) mass is 260 g/mol. The molecular formula is C14H16N2OS. The van der Waals surface area contributed by atoms with Crippen molar-refractivity contribution in [2.45, 2.75) is 26.3 Å². The molecule has 1 atom stereocenters. The second-order valence-electron chi connectivity index (χ2n) is 4.59. The molecule has 0 saturated carbocycles. The summed E-state index contributed by atoms with van der Waals surface area (Å²) in [6.07, 6.45) is 0.983. The summed E-state index contributed by atoms with van der Waals surface area (Å²) in [5, 5.41) is 1.06. The smallest absolute Gasteiger partial charge is 0.127 e. The number of benzene rings is 1. The highest BCUT2D eigenvalue weighted by molar-refractivity contribution is 7.11. The van der Waals surface area contributed by atoms with Gasteiger partial charge in [0.25, 0.3) is 0 Å². The zero-order valence-corrected chi connectivity index (χ0v) is 11.4. The third kappa shape index (κ3) is 1.82. The first kappa shape index (κ1) is 11.7. The zero-order valence-electron chi connectivity index (χ0n) is 10.6. The molecule has 0 bridgehead atoms. The predicted octanol–water partition coefficient (Wildman–Crippen LogP) is 2.74. The molecule has 1 aromatic carbocycles. The van der Waals surface area contributed by atoms with Crippen LogP contribution in [0, 0.1) is 13.8 Å². The van der Waals surface area contributed by atoms with Gasteiger partial charge in [0.2, 0.25) is 0 Å². The van der Waals surface area contributed by atoms with Crippen LogP contribution in [0.15, 0.2) is 18.2 Å². The van der Waals surface area contributed by atoms with Crippen LogP contribution >= 0.6 is 11.3 Å². The number of hydrogen-bond acceptors (Lipinski definition) is 4. The molecule has 1 aliphatic rings.